The maximum Gasteiger partial charge on any atom is 0.153 e. The molecule has 114 valence electrons. The van der Waals surface area contributed by atoms with E-state index in [9.17, 15) is 8.42 Å². The highest BCUT2D eigenvalue weighted by molar-refractivity contribution is 7.92. The largest absolute Gasteiger partial charge is 0.329 e. The molecule has 0 amide bonds. The number of hydrogen-bond donors (Lipinski definition) is 1. The Morgan fingerprint density at radius 1 is 1.10 bits per heavy atom. The van der Waals surface area contributed by atoms with Crippen LogP contribution in [-0.4, -0.2) is 50.5 Å². The predicted octanol–water partition coefficient (Wildman–Crippen LogP) is 1.31. The van der Waals surface area contributed by atoms with Crippen LogP contribution in [0.2, 0.25) is 0 Å². The van der Waals surface area contributed by atoms with Gasteiger partial charge < -0.3 is 10.6 Å². The Hall–Kier alpha value is -0.910. The van der Waals surface area contributed by atoms with Crippen molar-refractivity contribution in [3.63, 3.8) is 0 Å². The van der Waals surface area contributed by atoms with Crippen molar-refractivity contribution in [3.05, 3.63) is 35.9 Å². The summed E-state index contributed by atoms with van der Waals surface area (Å²) in [5.74, 6) is 0.208. The van der Waals surface area contributed by atoms with Gasteiger partial charge in [0.15, 0.2) is 9.84 Å². The average molecular weight is 298 g/mol. The molecular weight excluding hydrogens is 272 g/mol. The molecule has 0 atom stereocenters. The van der Waals surface area contributed by atoms with Gasteiger partial charge in [-0.25, -0.2) is 8.42 Å². The number of nitrogens with two attached hydrogens (primary N) is 1. The summed E-state index contributed by atoms with van der Waals surface area (Å²) in [7, 11) is -2.98. The molecule has 0 heterocycles. The average Bonchev–Trinajstić information content (AvgIpc) is 2.43. The van der Waals surface area contributed by atoms with Gasteiger partial charge in [0, 0.05) is 26.2 Å². The van der Waals surface area contributed by atoms with Crippen molar-refractivity contribution in [2.75, 3.05) is 31.9 Å². The third-order valence-electron chi connectivity index (χ3n) is 3.42. The SMILES string of the molecule is CC(C)S(=O)(=O)CCN(CCN)CCc1ccccc1. The summed E-state index contributed by atoms with van der Waals surface area (Å²) in [5.41, 5.74) is 6.87. The predicted molar refractivity (Wildman–Crippen MR) is 84.6 cm³/mol. The summed E-state index contributed by atoms with van der Waals surface area (Å²) < 4.78 is 23.7. The normalized spacial score (nSPS) is 12.2. The zero-order valence-corrected chi connectivity index (χ0v) is 13.3. The van der Waals surface area contributed by atoms with E-state index in [4.69, 9.17) is 5.73 Å². The lowest BCUT2D eigenvalue weighted by atomic mass is 10.1. The van der Waals surface area contributed by atoms with E-state index >= 15 is 0 Å². The molecule has 0 fully saturated rings. The molecule has 0 saturated carbocycles. The van der Waals surface area contributed by atoms with Crippen molar-refractivity contribution in [2.45, 2.75) is 25.5 Å². The molecule has 0 bridgehead atoms. The monoisotopic (exact) mass is 298 g/mol. The minimum atomic E-state index is -2.98. The first-order chi connectivity index (χ1) is 9.45. The van der Waals surface area contributed by atoms with E-state index in [2.05, 4.69) is 17.0 Å². The summed E-state index contributed by atoms with van der Waals surface area (Å²) in [5, 5.41) is -0.309. The van der Waals surface area contributed by atoms with Crippen LogP contribution in [0, 0.1) is 0 Å². The van der Waals surface area contributed by atoms with Crippen molar-refractivity contribution in [1.82, 2.24) is 4.90 Å². The topological polar surface area (TPSA) is 63.4 Å². The van der Waals surface area contributed by atoms with E-state index in [-0.39, 0.29) is 11.0 Å². The highest BCUT2D eigenvalue weighted by Crippen LogP contribution is 2.04. The van der Waals surface area contributed by atoms with Crippen molar-refractivity contribution in [3.8, 4) is 0 Å². The number of nitrogens with zero attached hydrogens (tertiary/aromatic N) is 1. The summed E-state index contributed by atoms with van der Waals surface area (Å²) in [6.07, 6.45) is 0.919. The summed E-state index contributed by atoms with van der Waals surface area (Å²) in [6.45, 7) is 6.15. The number of benzene rings is 1. The molecule has 2 N–H and O–H groups in total. The molecule has 0 aromatic heterocycles. The lowest BCUT2D eigenvalue weighted by Gasteiger charge is -2.22. The Morgan fingerprint density at radius 2 is 1.75 bits per heavy atom. The van der Waals surface area contributed by atoms with Gasteiger partial charge in [-0.2, -0.15) is 0 Å². The van der Waals surface area contributed by atoms with E-state index in [1.165, 1.54) is 5.56 Å². The number of sulfone groups is 1. The maximum absolute atomic E-state index is 11.9. The van der Waals surface area contributed by atoms with Gasteiger partial charge in [0.05, 0.1) is 11.0 Å². The quantitative estimate of drug-likeness (QED) is 0.747. The second-order valence-electron chi connectivity index (χ2n) is 5.28. The lowest BCUT2D eigenvalue weighted by molar-refractivity contribution is 0.300. The fraction of sp³-hybridized carbons (Fsp3) is 0.600. The molecule has 0 radical (unpaired) electrons. The molecule has 5 heteroatoms. The zero-order chi connectivity index (χ0) is 15.0. The van der Waals surface area contributed by atoms with Gasteiger partial charge >= 0.3 is 0 Å². The van der Waals surface area contributed by atoms with Gasteiger partial charge in [0.25, 0.3) is 0 Å². The first kappa shape index (κ1) is 17.1. The van der Waals surface area contributed by atoms with Gasteiger partial charge in [-0.15, -0.1) is 0 Å². The molecule has 0 saturated heterocycles. The number of rotatable bonds is 9. The molecule has 4 nitrogen and oxygen atoms in total. The Bertz CT molecular complexity index is 472. The molecule has 0 aliphatic heterocycles. The minimum Gasteiger partial charge on any atom is -0.329 e. The van der Waals surface area contributed by atoms with Crippen molar-refractivity contribution in [1.29, 1.82) is 0 Å². The van der Waals surface area contributed by atoms with Crippen LogP contribution in [-0.2, 0) is 16.3 Å². The van der Waals surface area contributed by atoms with Crippen LogP contribution in [0.4, 0.5) is 0 Å². The zero-order valence-electron chi connectivity index (χ0n) is 12.5. The Kier molecular flexibility index (Phi) is 7.19. The molecular formula is C15H26N2O2S. The molecule has 0 aliphatic carbocycles. The minimum absolute atomic E-state index is 0.208. The van der Waals surface area contributed by atoms with Gasteiger partial charge in [0.1, 0.15) is 0 Å². The fourth-order valence-corrected chi connectivity index (χ4v) is 2.93. The van der Waals surface area contributed by atoms with E-state index in [0.29, 0.717) is 13.1 Å². The van der Waals surface area contributed by atoms with Crippen LogP contribution < -0.4 is 5.73 Å². The van der Waals surface area contributed by atoms with Gasteiger partial charge in [0.2, 0.25) is 0 Å². The molecule has 0 spiro atoms. The Labute approximate surface area is 122 Å². The second-order valence-corrected chi connectivity index (χ2v) is 7.96. The summed E-state index contributed by atoms with van der Waals surface area (Å²) in [4.78, 5) is 2.13. The maximum atomic E-state index is 11.9. The highest BCUT2D eigenvalue weighted by atomic mass is 32.2. The van der Waals surface area contributed by atoms with Crippen molar-refractivity contribution in [2.24, 2.45) is 5.73 Å². The van der Waals surface area contributed by atoms with Crippen LogP contribution in [0.15, 0.2) is 30.3 Å². The highest BCUT2D eigenvalue weighted by Gasteiger charge is 2.17. The van der Waals surface area contributed by atoms with Gasteiger partial charge in [-0.1, -0.05) is 30.3 Å². The van der Waals surface area contributed by atoms with E-state index in [1.54, 1.807) is 13.8 Å². The lowest BCUT2D eigenvalue weighted by Crippen LogP contribution is -2.36. The second kappa shape index (κ2) is 8.39. The molecule has 1 aromatic carbocycles. The van der Waals surface area contributed by atoms with E-state index in [1.807, 2.05) is 18.2 Å². The smallest absolute Gasteiger partial charge is 0.153 e. The summed E-state index contributed by atoms with van der Waals surface area (Å²) >= 11 is 0. The van der Waals surface area contributed by atoms with Gasteiger partial charge in [-0.05, 0) is 25.8 Å². The van der Waals surface area contributed by atoms with Crippen LogP contribution in [0.25, 0.3) is 0 Å². The van der Waals surface area contributed by atoms with Crippen LogP contribution in [0.5, 0.6) is 0 Å². The molecule has 1 rings (SSSR count). The summed E-state index contributed by atoms with van der Waals surface area (Å²) in [6, 6.07) is 10.2. The third-order valence-corrected chi connectivity index (χ3v) is 5.60. The fourth-order valence-electron chi connectivity index (χ4n) is 1.94. The van der Waals surface area contributed by atoms with Crippen LogP contribution in [0.1, 0.15) is 19.4 Å². The van der Waals surface area contributed by atoms with Crippen LogP contribution >= 0.6 is 0 Å². The molecule has 0 aliphatic rings. The third kappa shape index (κ3) is 6.03. The van der Waals surface area contributed by atoms with E-state index in [0.717, 1.165) is 19.5 Å². The van der Waals surface area contributed by atoms with Crippen molar-refractivity contribution >= 4 is 9.84 Å². The van der Waals surface area contributed by atoms with E-state index < -0.39 is 9.84 Å². The Morgan fingerprint density at radius 3 is 2.30 bits per heavy atom. The number of hydrogen-bond acceptors (Lipinski definition) is 4. The van der Waals surface area contributed by atoms with Crippen LogP contribution in [0.3, 0.4) is 0 Å². The Balaban J connectivity index is 2.48. The first-order valence-electron chi connectivity index (χ1n) is 7.13. The standard InChI is InChI=1S/C15H26N2O2S/c1-14(2)20(18,19)13-12-17(11-9-16)10-8-15-6-4-3-5-7-15/h3-7,14H,8-13,16H2,1-2H3. The first-order valence-corrected chi connectivity index (χ1v) is 8.85. The van der Waals surface area contributed by atoms with Gasteiger partial charge in [-0.3, -0.25) is 0 Å². The van der Waals surface area contributed by atoms with Crippen molar-refractivity contribution < 1.29 is 8.42 Å². The molecule has 0 unspecified atom stereocenters. The molecule has 20 heavy (non-hydrogen) atoms. The molecule has 1 aromatic rings.